The molecule has 1 fully saturated rings. The van der Waals surface area contributed by atoms with Crippen LogP contribution in [0.4, 0.5) is 0 Å². The number of thiocarbonyl (C=S) groups is 1. The van der Waals surface area contributed by atoms with Crippen molar-refractivity contribution in [3.05, 3.63) is 0 Å². The molecule has 0 aromatic carbocycles. The van der Waals surface area contributed by atoms with Crippen LogP contribution in [0.5, 0.6) is 0 Å². The van der Waals surface area contributed by atoms with Crippen molar-refractivity contribution in [2.24, 2.45) is 5.92 Å². The summed E-state index contributed by atoms with van der Waals surface area (Å²) >= 11 is 5.44. The highest BCUT2D eigenvalue weighted by molar-refractivity contribution is 7.80. The number of hydrogen-bond donors (Lipinski definition) is 1. The maximum absolute atomic E-state index is 5.44. The van der Waals surface area contributed by atoms with Crippen molar-refractivity contribution < 1.29 is 0 Å². The SMILES string of the molecule is CCCCNC(=S)N(C)C1CCCCC1C. The maximum Gasteiger partial charge on any atom is 0.168 e. The van der Waals surface area contributed by atoms with Gasteiger partial charge in [-0.25, -0.2) is 0 Å². The second-order valence-corrected chi connectivity index (χ2v) is 5.41. The highest BCUT2D eigenvalue weighted by atomic mass is 32.1. The molecule has 16 heavy (non-hydrogen) atoms. The second kappa shape index (κ2) is 7.10. The van der Waals surface area contributed by atoms with Crippen LogP contribution in [0.15, 0.2) is 0 Å². The molecule has 2 nitrogen and oxygen atoms in total. The first kappa shape index (κ1) is 13.8. The third kappa shape index (κ3) is 3.93. The van der Waals surface area contributed by atoms with Gasteiger partial charge in [-0.15, -0.1) is 0 Å². The summed E-state index contributed by atoms with van der Waals surface area (Å²) in [7, 11) is 2.15. The summed E-state index contributed by atoms with van der Waals surface area (Å²) < 4.78 is 0. The fourth-order valence-corrected chi connectivity index (χ4v) is 2.76. The van der Waals surface area contributed by atoms with Gasteiger partial charge in [0, 0.05) is 19.6 Å². The Hall–Kier alpha value is -0.310. The van der Waals surface area contributed by atoms with Crippen LogP contribution in [0.1, 0.15) is 52.4 Å². The molecule has 0 amide bonds. The number of nitrogens with zero attached hydrogens (tertiary/aromatic N) is 1. The molecule has 94 valence electrons. The molecule has 1 aliphatic rings. The van der Waals surface area contributed by atoms with Crippen LogP contribution >= 0.6 is 12.2 Å². The van der Waals surface area contributed by atoms with E-state index in [1.807, 2.05) is 0 Å². The Bertz CT molecular complexity index is 218. The largest absolute Gasteiger partial charge is 0.363 e. The zero-order valence-electron chi connectivity index (χ0n) is 11.0. The Labute approximate surface area is 106 Å². The average Bonchev–Trinajstić information content (AvgIpc) is 2.29. The van der Waals surface area contributed by atoms with Gasteiger partial charge in [-0.05, 0) is 37.4 Å². The first-order chi connectivity index (χ1) is 7.66. The number of nitrogens with one attached hydrogen (secondary N) is 1. The van der Waals surface area contributed by atoms with Crippen LogP contribution in [0.2, 0.25) is 0 Å². The Balaban J connectivity index is 2.36. The second-order valence-electron chi connectivity index (χ2n) is 5.03. The molecule has 2 unspecified atom stereocenters. The summed E-state index contributed by atoms with van der Waals surface area (Å²) in [6, 6.07) is 0.648. The fraction of sp³-hybridized carbons (Fsp3) is 0.923. The van der Waals surface area contributed by atoms with E-state index < -0.39 is 0 Å². The van der Waals surface area contributed by atoms with Gasteiger partial charge in [0.05, 0.1) is 0 Å². The Morgan fingerprint density at radius 2 is 2.06 bits per heavy atom. The minimum Gasteiger partial charge on any atom is -0.363 e. The summed E-state index contributed by atoms with van der Waals surface area (Å²) in [4.78, 5) is 2.29. The summed E-state index contributed by atoms with van der Waals surface area (Å²) in [5.41, 5.74) is 0. The molecular weight excluding hydrogens is 216 g/mol. The number of unbranched alkanes of at least 4 members (excludes halogenated alkanes) is 1. The van der Waals surface area contributed by atoms with Crippen LogP contribution in [0.3, 0.4) is 0 Å². The van der Waals surface area contributed by atoms with Gasteiger partial charge in [-0.3, -0.25) is 0 Å². The van der Waals surface area contributed by atoms with Crippen LogP contribution in [0, 0.1) is 5.92 Å². The molecule has 1 saturated carbocycles. The van der Waals surface area contributed by atoms with E-state index >= 15 is 0 Å². The van der Waals surface area contributed by atoms with Crippen molar-refractivity contribution in [3.8, 4) is 0 Å². The minimum absolute atomic E-state index is 0.648. The minimum atomic E-state index is 0.648. The Morgan fingerprint density at radius 1 is 1.38 bits per heavy atom. The van der Waals surface area contributed by atoms with Gasteiger partial charge in [0.15, 0.2) is 5.11 Å². The molecule has 1 aliphatic carbocycles. The smallest absolute Gasteiger partial charge is 0.168 e. The van der Waals surface area contributed by atoms with Crippen molar-refractivity contribution in [2.75, 3.05) is 13.6 Å². The van der Waals surface area contributed by atoms with Crippen molar-refractivity contribution in [2.45, 2.75) is 58.4 Å². The quantitative estimate of drug-likeness (QED) is 0.602. The molecule has 3 heteroatoms. The predicted octanol–water partition coefficient (Wildman–Crippen LogP) is 3.17. The summed E-state index contributed by atoms with van der Waals surface area (Å²) in [6.07, 6.45) is 7.83. The topological polar surface area (TPSA) is 15.3 Å². The average molecular weight is 242 g/mol. The molecule has 0 radical (unpaired) electrons. The molecule has 0 aromatic heterocycles. The molecule has 0 aliphatic heterocycles. The van der Waals surface area contributed by atoms with Gasteiger partial charge >= 0.3 is 0 Å². The van der Waals surface area contributed by atoms with Crippen molar-refractivity contribution in [1.82, 2.24) is 10.2 Å². The zero-order valence-corrected chi connectivity index (χ0v) is 11.8. The molecule has 0 saturated heterocycles. The van der Waals surface area contributed by atoms with Gasteiger partial charge in [0.2, 0.25) is 0 Å². The van der Waals surface area contributed by atoms with E-state index in [1.54, 1.807) is 0 Å². The molecule has 1 rings (SSSR count). The van der Waals surface area contributed by atoms with Crippen molar-refractivity contribution in [1.29, 1.82) is 0 Å². The molecule has 1 N–H and O–H groups in total. The molecular formula is C13H26N2S. The van der Waals surface area contributed by atoms with E-state index in [-0.39, 0.29) is 0 Å². The lowest BCUT2D eigenvalue weighted by molar-refractivity contribution is 0.204. The maximum atomic E-state index is 5.44. The van der Waals surface area contributed by atoms with Gasteiger partial charge in [-0.2, -0.15) is 0 Å². The summed E-state index contributed by atoms with van der Waals surface area (Å²) in [5.74, 6) is 0.782. The predicted molar refractivity (Wildman–Crippen MR) is 74.7 cm³/mol. The first-order valence-corrected chi connectivity index (χ1v) is 7.08. The molecule has 0 bridgehead atoms. The fourth-order valence-electron chi connectivity index (χ4n) is 2.52. The van der Waals surface area contributed by atoms with Crippen LogP contribution in [0.25, 0.3) is 0 Å². The van der Waals surface area contributed by atoms with E-state index in [0.717, 1.165) is 17.6 Å². The summed E-state index contributed by atoms with van der Waals surface area (Å²) in [6.45, 7) is 5.58. The van der Waals surface area contributed by atoms with E-state index in [9.17, 15) is 0 Å². The number of hydrogen-bond acceptors (Lipinski definition) is 1. The lowest BCUT2D eigenvalue weighted by atomic mass is 9.85. The highest BCUT2D eigenvalue weighted by Gasteiger charge is 2.25. The Morgan fingerprint density at radius 3 is 2.69 bits per heavy atom. The van der Waals surface area contributed by atoms with Crippen molar-refractivity contribution in [3.63, 3.8) is 0 Å². The van der Waals surface area contributed by atoms with E-state index in [0.29, 0.717) is 6.04 Å². The number of rotatable bonds is 4. The Kier molecular flexibility index (Phi) is 6.10. The first-order valence-electron chi connectivity index (χ1n) is 6.67. The van der Waals surface area contributed by atoms with Crippen LogP contribution in [-0.2, 0) is 0 Å². The molecule has 0 heterocycles. The normalized spacial score (nSPS) is 25.2. The highest BCUT2D eigenvalue weighted by Crippen LogP contribution is 2.27. The third-order valence-electron chi connectivity index (χ3n) is 3.69. The van der Waals surface area contributed by atoms with Crippen LogP contribution < -0.4 is 5.32 Å². The van der Waals surface area contributed by atoms with Gasteiger partial charge in [-0.1, -0.05) is 33.1 Å². The van der Waals surface area contributed by atoms with E-state index in [1.165, 1.54) is 38.5 Å². The van der Waals surface area contributed by atoms with Gasteiger partial charge in [0.1, 0.15) is 0 Å². The molecule has 0 spiro atoms. The lowest BCUT2D eigenvalue weighted by Crippen LogP contribution is -2.47. The standard InChI is InChI=1S/C13H26N2S/c1-4-5-10-14-13(16)15(3)12-9-7-6-8-11(12)2/h11-12H,4-10H2,1-3H3,(H,14,16). The molecule has 2 atom stereocenters. The zero-order chi connectivity index (χ0) is 12.0. The third-order valence-corrected chi connectivity index (χ3v) is 4.12. The monoisotopic (exact) mass is 242 g/mol. The summed E-state index contributed by atoms with van der Waals surface area (Å²) in [5, 5.41) is 4.30. The van der Waals surface area contributed by atoms with E-state index in [4.69, 9.17) is 12.2 Å². The van der Waals surface area contributed by atoms with Crippen LogP contribution in [-0.4, -0.2) is 29.6 Å². The van der Waals surface area contributed by atoms with Gasteiger partial charge in [0.25, 0.3) is 0 Å². The van der Waals surface area contributed by atoms with E-state index in [2.05, 4.69) is 31.1 Å². The lowest BCUT2D eigenvalue weighted by Gasteiger charge is -2.37. The van der Waals surface area contributed by atoms with Gasteiger partial charge < -0.3 is 10.2 Å². The molecule has 0 aromatic rings. The van der Waals surface area contributed by atoms with Crippen molar-refractivity contribution >= 4 is 17.3 Å².